The highest BCUT2D eigenvalue weighted by Gasteiger charge is 2.45. The van der Waals surface area contributed by atoms with E-state index in [9.17, 15) is 0 Å². The van der Waals surface area contributed by atoms with Gasteiger partial charge in [0, 0.05) is 23.6 Å². The molecule has 0 bridgehead atoms. The van der Waals surface area contributed by atoms with Crippen LogP contribution in [0.2, 0.25) is 0 Å². The molecule has 3 aliphatic rings. The van der Waals surface area contributed by atoms with E-state index in [1.165, 1.54) is 36.8 Å². The van der Waals surface area contributed by atoms with Crippen molar-refractivity contribution in [2.24, 2.45) is 0 Å². The Hall–Kier alpha value is -2.86. The highest BCUT2D eigenvalue weighted by atomic mass is 16.6. The molecular weight excluding hydrogens is 390 g/mol. The first-order chi connectivity index (χ1) is 15.2. The molecule has 6 rings (SSSR count). The normalized spacial score (nSPS) is 21.9. The second-order valence-electron chi connectivity index (χ2n) is 9.02. The van der Waals surface area contributed by atoms with Gasteiger partial charge in [-0.1, -0.05) is 31.0 Å². The highest BCUT2D eigenvalue weighted by Crippen LogP contribution is 2.52. The number of aromatic nitrogens is 2. The molecule has 1 aromatic heterocycles. The van der Waals surface area contributed by atoms with Crippen molar-refractivity contribution in [1.29, 1.82) is 0 Å². The largest absolute Gasteiger partial charge is 0.486 e. The van der Waals surface area contributed by atoms with Gasteiger partial charge in [0.2, 0.25) is 11.8 Å². The van der Waals surface area contributed by atoms with Gasteiger partial charge >= 0.3 is 0 Å². The lowest BCUT2D eigenvalue weighted by Crippen LogP contribution is -2.45. The van der Waals surface area contributed by atoms with E-state index in [-0.39, 0.29) is 11.5 Å². The Morgan fingerprint density at radius 1 is 1.00 bits per heavy atom. The molecule has 1 fully saturated rings. The molecule has 2 aromatic carbocycles. The molecular formula is C25H27N3O3. The van der Waals surface area contributed by atoms with Crippen molar-refractivity contribution in [2.45, 2.75) is 50.6 Å². The van der Waals surface area contributed by atoms with Gasteiger partial charge in [-0.25, -0.2) is 0 Å². The van der Waals surface area contributed by atoms with Gasteiger partial charge in [0.1, 0.15) is 13.2 Å². The summed E-state index contributed by atoms with van der Waals surface area (Å²) in [6, 6.07) is 14.7. The Balaban J connectivity index is 1.34. The van der Waals surface area contributed by atoms with Crippen LogP contribution in [-0.4, -0.2) is 34.9 Å². The van der Waals surface area contributed by atoms with E-state index in [0.29, 0.717) is 31.5 Å². The number of ether oxygens (including phenoxy) is 2. The maximum absolute atomic E-state index is 6.04. The molecule has 2 aliphatic heterocycles. The average Bonchev–Trinajstić information content (AvgIpc) is 3.48. The topological polar surface area (TPSA) is 60.6 Å². The van der Waals surface area contributed by atoms with Crippen LogP contribution in [0.1, 0.15) is 55.7 Å². The predicted molar refractivity (Wildman–Crippen MR) is 116 cm³/mol. The molecule has 0 amide bonds. The van der Waals surface area contributed by atoms with E-state index >= 15 is 0 Å². The molecule has 6 heteroatoms. The lowest BCUT2D eigenvalue weighted by Gasteiger charge is -2.46. The van der Waals surface area contributed by atoms with E-state index in [1.54, 1.807) is 0 Å². The number of rotatable bonds is 3. The third-order valence-electron chi connectivity index (χ3n) is 7.18. The van der Waals surface area contributed by atoms with Crippen LogP contribution in [0, 0.1) is 0 Å². The first-order valence-electron chi connectivity index (χ1n) is 11.3. The van der Waals surface area contributed by atoms with Crippen molar-refractivity contribution in [3.63, 3.8) is 0 Å². The van der Waals surface area contributed by atoms with Crippen molar-refractivity contribution in [2.75, 3.05) is 19.8 Å². The minimum absolute atomic E-state index is 0.167. The van der Waals surface area contributed by atoms with E-state index in [0.717, 1.165) is 23.6 Å². The molecule has 160 valence electrons. The van der Waals surface area contributed by atoms with Crippen molar-refractivity contribution in [1.82, 2.24) is 15.1 Å². The van der Waals surface area contributed by atoms with Gasteiger partial charge in [-0.05, 0) is 55.2 Å². The molecule has 0 saturated heterocycles. The first kappa shape index (κ1) is 18.9. The Morgan fingerprint density at radius 2 is 1.74 bits per heavy atom. The molecule has 0 N–H and O–H groups in total. The van der Waals surface area contributed by atoms with Crippen LogP contribution in [0.15, 0.2) is 46.9 Å². The fourth-order valence-corrected chi connectivity index (χ4v) is 5.58. The number of nitrogens with zero attached hydrogens (tertiary/aromatic N) is 3. The van der Waals surface area contributed by atoms with Gasteiger partial charge < -0.3 is 13.9 Å². The van der Waals surface area contributed by atoms with Crippen LogP contribution < -0.4 is 9.47 Å². The Kier molecular flexibility index (Phi) is 4.49. The van der Waals surface area contributed by atoms with Crippen LogP contribution in [-0.2, 0) is 12.0 Å². The van der Waals surface area contributed by atoms with E-state index < -0.39 is 0 Å². The van der Waals surface area contributed by atoms with Crippen molar-refractivity contribution in [3.05, 3.63) is 59.5 Å². The fraction of sp³-hybridized carbons (Fsp3) is 0.440. The molecule has 31 heavy (non-hydrogen) atoms. The number of fused-ring (bicyclic) bond motifs is 3. The van der Waals surface area contributed by atoms with Crippen LogP contribution in [0.3, 0.4) is 0 Å². The van der Waals surface area contributed by atoms with Crippen LogP contribution in [0.5, 0.6) is 11.5 Å². The zero-order valence-corrected chi connectivity index (χ0v) is 17.8. The van der Waals surface area contributed by atoms with Crippen molar-refractivity contribution in [3.8, 4) is 23.0 Å². The zero-order valence-electron chi connectivity index (χ0n) is 17.8. The summed E-state index contributed by atoms with van der Waals surface area (Å²) in [5, 5.41) is 8.65. The van der Waals surface area contributed by atoms with E-state index in [4.69, 9.17) is 13.9 Å². The molecule has 3 heterocycles. The minimum atomic E-state index is 0.167. The van der Waals surface area contributed by atoms with Gasteiger partial charge in [0.15, 0.2) is 11.5 Å². The summed E-state index contributed by atoms with van der Waals surface area (Å²) >= 11 is 0. The summed E-state index contributed by atoms with van der Waals surface area (Å²) < 4.78 is 17.9. The maximum Gasteiger partial charge on any atom is 0.247 e. The van der Waals surface area contributed by atoms with Gasteiger partial charge in [0.05, 0.1) is 6.54 Å². The molecule has 1 spiro atoms. The third-order valence-corrected chi connectivity index (χ3v) is 7.18. The molecule has 1 saturated carbocycles. The van der Waals surface area contributed by atoms with Gasteiger partial charge in [-0.3, -0.25) is 4.90 Å². The van der Waals surface area contributed by atoms with Crippen LogP contribution in [0.25, 0.3) is 11.5 Å². The second kappa shape index (κ2) is 7.38. The minimum Gasteiger partial charge on any atom is -0.486 e. The SMILES string of the molecule is CC1c2cc3c(cc2C2(CCCC2)CN1Cc1nnc(-c2ccccc2)o1)OCCO3. The summed E-state index contributed by atoms with van der Waals surface area (Å²) in [5.41, 5.74) is 3.92. The van der Waals surface area contributed by atoms with Crippen molar-refractivity contribution >= 4 is 0 Å². The van der Waals surface area contributed by atoms with Crippen molar-refractivity contribution < 1.29 is 13.9 Å². The van der Waals surface area contributed by atoms with E-state index in [2.05, 4.69) is 34.2 Å². The third kappa shape index (κ3) is 3.21. The zero-order chi connectivity index (χ0) is 20.8. The number of hydrogen-bond acceptors (Lipinski definition) is 6. The second-order valence-corrected chi connectivity index (χ2v) is 9.02. The molecule has 0 radical (unpaired) electrons. The summed E-state index contributed by atoms with van der Waals surface area (Å²) in [6.07, 6.45) is 4.97. The Bertz CT molecular complexity index is 1090. The first-order valence-corrected chi connectivity index (χ1v) is 11.3. The van der Waals surface area contributed by atoms with E-state index in [1.807, 2.05) is 30.3 Å². The monoisotopic (exact) mass is 417 g/mol. The van der Waals surface area contributed by atoms with Gasteiger partial charge in [-0.15, -0.1) is 10.2 Å². The summed E-state index contributed by atoms with van der Waals surface area (Å²) in [7, 11) is 0. The maximum atomic E-state index is 6.04. The Labute approximate surface area is 182 Å². The quantitative estimate of drug-likeness (QED) is 0.604. The standard InChI is InChI=1S/C25H27N3O3/c1-17-19-13-21-22(30-12-11-29-21)14-20(19)25(9-5-6-10-25)16-28(17)15-23-26-27-24(31-23)18-7-3-2-4-8-18/h2-4,7-8,13-14,17H,5-6,9-12,15-16H2,1H3. The number of benzene rings is 2. The summed E-state index contributed by atoms with van der Waals surface area (Å²) in [4.78, 5) is 2.49. The lowest BCUT2D eigenvalue weighted by atomic mass is 9.71. The fourth-order valence-electron chi connectivity index (χ4n) is 5.58. The molecule has 3 aromatic rings. The highest BCUT2D eigenvalue weighted by molar-refractivity contribution is 5.53. The number of hydrogen-bond donors (Lipinski definition) is 0. The van der Waals surface area contributed by atoms with Crippen LogP contribution >= 0.6 is 0 Å². The average molecular weight is 418 g/mol. The van der Waals surface area contributed by atoms with Crippen LogP contribution in [0.4, 0.5) is 0 Å². The summed E-state index contributed by atoms with van der Waals surface area (Å²) in [6.45, 7) is 5.16. The van der Waals surface area contributed by atoms with Gasteiger partial charge in [-0.2, -0.15) is 0 Å². The molecule has 6 nitrogen and oxygen atoms in total. The smallest absolute Gasteiger partial charge is 0.247 e. The molecule has 1 atom stereocenters. The molecule has 1 aliphatic carbocycles. The Morgan fingerprint density at radius 3 is 2.52 bits per heavy atom. The lowest BCUT2D eigenvalue weighted by molar-refractivity contribution is 0.115. The molecule has 1 unspecified atom stereocenters. The predicted octanol–water partition coefficient (Wildman–Crippen LogP) is 4.90. The van der Waals surface area contributed by atoms with Gasteiger partial charge in [0.25, 0.3) is 0 Å². The summed E-state index contributed by atoms with van der Waals surface area (Å²) in [5.74, 6) is 3.02.